The molecule has 0 unspecified atom stereocenters. The normalized spacial score (nSPS) is 19.4. The van der Waals surface area contributed by atoms with E-state index in [-0.39, 0.29) is 12.6 Å². The highest BCUT2D eigenvalue weighted by atomic mass is 16.5. The summed E-state index contributed by atoms with van der Waals surface area (Å²) in [5.74, 6) is 1.55. The maximum absolute atomic E-state index is 9.83. The van der Waals surface area contributed by atoms with Crippen LogP contribution in [0.1, 0.15) is 54.7 Å². The highest BCUT2D eigenvalue weighted by molar-refractivity contribution is 5.30. The Bertz CT molecular complexity index is 903. The number of hydrogen-bond acceptors (Lipinski definition) is 3. The standard InChI is InChI=1S/C29H35NO2/c31-21-28(16-11-23-7-3-1-4-8-23)30-27-17-12-25(13-18-27)26-14-19-29(20-15-26)32-22-24-9-5-2-6-10-24/h1-10,14-15,19-20,25,27-28,30-31H,11-13,16-18,21-22H2/t25?,27?,28-/m0/s1. The number of benzene rings is 3. The van der Waals surface area contributed by atoms with Gasteiger partial charge in [-0.25, -0.2) is 0 Å². The molecule has 1 aliphatic rings. The fraction of sp³-hybridized carbons (Fsp3) is 0.379. The first-order chi connectivity index (χ1) is 15.8. The summed E-state index contributed by atoms with van der Waals surface area (Å²) in [6, 6.07) is 30.2. The maximum atomic E-state index is 9.83. The van der Waals surface area contributed by atoms with Gasteiger partial charge in [-0.3, -0.25) is 0 Å². The lowest BCUT2D eigenvalue weighted by atomic mass is 9.81. The average molecular weight is 430 g/mol. The van der Waals surface area contributed by atoms with Gasteiger partial charge in [-0.05, 0) is 73.3 Å². The van der Waals surface area contributed by atoms with E-state index in [1.807, 2.05) is 18.2 Å². The van der Waals surface area contributed by atoms with Gasteiger partial charge in [0.15, 0.2) is 0 Å². The number of nitrogens with one attached hydrogen (secondary N) is 1. The van der Waals surface area contributed by atoms with E-state index in [1.165, 1.54) is 42.4 Å². The van der Waals surface area contributed by atoms with Crippen LogP contribution in [0, 0.1) is 0 Å². The Kier molecular flexibility index (Phi) is 8.35. The fourth-order valence-electron chi connectivity index (χ4n) is 4.72. The number of aryl methyl sites for hydroxylation is 1. The molecule has 3 aromatic rings. The lowest BCUT2D eigenvalue weighted by Crippen LogP contribution is -2.42. The third-order valence-electron chi connectivity index (χ3n) is 6.64. The number of aliphatic hydroxyl groups is 1. The predicted molar refractivity (Wildman–Crippen MR) is 131 cm³/mol. The Morgan fingerprint density at radius 2 is 1.41 bits per heavy atom. The first-order valence-corrected chi connectivity index (χ1v) is 12.0. The monoisotopic (exact) mass is 429 g/mol. The van der Waals surface area contributed by atoms with E-state index in [0.29, 0.717) is 18.6 Å². The van der Waals surface area contributed by atoms with Crippen molar-refractivity contribution in [2.75, 3.05) is 6.61 Å². The van der Waals surface area contributed by atoms with Gasteiger partial charge >= 0.3 is 0 Å². The van der Waals surface area contributed by atoms with Crippen molar-refractivity contribution in [2.24, 2.45) is 0 Å². The molecule has 4 rings (SSSR count). The number of hydrogen-bond donors (Lipinski definition) is 2. The largest absolute Gasteiger partial charge is 0.489 e. The number of aliphatic hydroxyl groups excluding tert-OH is 1. The summed E-state index contributed by atoms with van der Waals surface area (Å²) >= 11 is 0. The summed E-state index contributed by atoms with van der Waals surface area (Å²) in [5.41, 5.74) is 3.94. The van der Waals surface area contributed by atoms with Crippen LogP contribution in [0.3, 0.4) is 0 Å². The van der Waals surface area contributed by atoms with Crippen LogP contribution in [-0.2, 0) is 13.0 Å². The van der Waals surface area contributed by atoms with Crippen LogP contribution < -0.4 is 10.1 Å². The highest BCUT2D eigenvalue weighted by Crippen LogP contribution is 2.34. The van der Waals surface area contributed by atoms with Gasteiger partial charge in [-0.1, -0.05) is 72.8 Å². The highest BCUT2D eigenvalue weighted by Gasteiger charge is 2.24. The van der Waals surface area contributed by atoms with Crippen molar-refractivity contribution >= 4 is 0 Å². The summed E-state index contributed by atoms with van der Waals surface area (Å²) in [7, 11) is 0. The van der Waals surface area contributed by atoms with Crippen LogP contribution in [0.2, 0.25) is 0 Å². The molecule has 3 heteroatoms. The van der Waals surface area contributed by atoms with Crippen molar-refractivity contribution in [1.29, 1.82) is 0 Å². The summed E-state index contributed by atoms with van der Waals surface area (Å²) in [6.07, 6.45) is 6.70. The van der Waals surface area contributed by atoms with Crippen molar-refractivity contribution in [2.45, 2.75) is 63.1 Å². The molecule has 0 amide bonds. The summed E-state index contributed by atoms with van der Waals surface area (Å²) in [4.78, 5) is 0. The number of ether oxygens (including phenoxy) is 1. The second kappa shape index (κ2) is 11.8. The Labute approximate surface area is 192 Å². The van der Waals surface area contributed by atoms with E-state index >= 15 is 0 Å². The number of rotatable bonds is 10. The molecule has 0 saturated heterocycles. The molecule has 3 nitrogen and oxygen atoms in total. The average Bonchev–Trinajstić information content (AvgIpc) is 2.87. The van der Waals surface area contributed by atoms with E-state index in [9.17, 15) is 5.11 Å². The van der Waals surface area contributed by atoms with E-state index in [4.69, 9.17) is 4.74 Å². The van der Waals surface area contributed by atoms with Gasteiger partial charge in [-0.2, -0.15) is 0 Å². The minimum Gasteiger partial charge on any atom is -0.489 e. The third-order valence-corrected chi connectivity index (χ3v) is 6.64. The zero-order valence-corrected chi connectivity index (χ0v) is 18.8. The van der Waals surface area contributed by atoms with E-state index in [1.54, 1.807) is 0 Å². The quantitative estimate of drug-likeness (QED) is 0.423. The van der Waals surface area contributed by atoms with Crippen LogP contribution in [0.25, 0.3) is 0 Å². The molecule has 0 radical (unpaired) electrons. The van der Waals surface area contributed by atoms with Crippen molar-refractivity contribution in [1.82, 2.24) is 5.32 Å². The van der Waals surface area contributed by atoms with Crippen LogP contribution in [0.4, 0.5) is 0 Å². The van der Waals surface area contributed by atoms with Crippen molar-refractivity contribution in [3.63, 3.8) is 0 Å². The topological polar surface area (TPSA) is 41.5 Å². The molecule has 1 fully saturated rings. The SMILES string of the molecule is OC[C@H](CCc1ccccc1)NC1CCC(c2ccc(OCc3ccccc3)cc2)CC1. The van der Waals surface area contributed by atoms with Gasteiger partial charge in [0.1, 0.15) is 12.4 Å². The first-order valence-electron chi connectivity index (χ1n) is 12.0. The zero-order chi connectivity index (χ0) is 22.0. The smallest absolute Gasteiger partial charge is 0.119 e. The lowest BCUT2D eigenvalue weighted by molar-refractivity contribution is 0.209. The van der Waals surface area contributed by atoms with Crippen LogP contribution >= 0.6 is 0 Å². The molecule has 1 saturated carbocycles. The van der Waals surface area contributed by atoms with E-state index in [0.717, 1.165) is 18.6 Å². The fourth-order valence-corrected chi connectivity index (χ4v) is 4.72. The summed E-state index contributed by atoms with van der Waals surface area (Å²) < 4.78 is 5.93. The van der Waals surface area contributed by atoms with Crippen LogP contribution in [0.15, 0.2) is 84.9 Å². The molecule has 168 valence electrons. The minimum atomic E-state index is 0.179. The third kappa shape index (κ3) is 6.69. The molecule has 0 bridgehead atoms. The molecule has 3 aromatic carbocycles. The Balaban J connectivity index is 1.20. The molecule has 0 heterocycles. The molecular weight excluding hydrogens is 394 g/mol. The van der Waals surface area contributed by atoms with Crippen LogP contribution in [-0.4, -0.2) is 23.8 Å². The van der Waals surface area contributed by atoms with Gasteiger partial charge in [0, 0.05) is 12.1 Å². The zero-order valence-electron chi connectivity index (χ0n) is 18.8. The molecular formula is C29H35NO2. The minimum absolute atomic E-state index is 0.179. The van der Waals surface area contributed by atoms with Crippen molar-refractivity contribution < 1.29 is 9.84 Å². The Hall–Kier alpha value is -2.62. The summed E-state index contributed by atoms with van der Waals surface area (Å²) in [6.45, 7) is 0.810. The molecule has 1 aliphatic carbocycles. The van der Waals surface area contributed by atoms with Crippen molar-refractivity contribution in [3.05, 3.63) is 102 Å². The molecule has 0 spiro atoms. The van der Waals surface area contributed by atoms with E-state index in [2.05, 4.69) is 72.0 Å². The second-order valence-electron chi connectivity index (χ2n) is 8.96. The lowest BCUT2D eigenvalue weighted by Gasteiger charge is -2.32. The molecule has 1 atom stereocenters. The maximum Gasteiger partial charge on any atom is 0.119 e. The predicted octanol–water partition coefficient (Wildman–Crippen LogP) is 5.88. The van der Waals surface area contributed by atoms with E-state index < -0.39 is 0 Å². The van der Waals surface area contributed by atoms with Gasteiger partial charge < -0.3 is 15.2 Å². The summed E-state index contributed by atoms with van der Waals surface area (Å²) in [5, 5.41) is 13.6. The second-order valence-corrected chi connectivity index (χ2v) is 8.96. The van der Waals surface area contributed by atoms with Gasteiger partial charge in [0.05, 0.1) is 6.61 Å². The molecule has 32 heavy (non-hydrogen) atoms. The Morgan fingerprint density at radius 1 is 0.781 bits per heavy atom. The van der Waals surface area contributed by atoms with Gasteiger partial charge in [0.25, 0.3) is 0 Å². The van der Waals surface area contributed by atoms with Gasteiger partial charge in [-0.15, -0.1) is 0 Å². The first kappa shape index (κ1) is 22.6. The molecule has 2 N–H and O–H groups in total. The van der Waals surface area contributed by atoms with Gasteiger partial charge in [0.2, 0.25) is 0 Å². The molecule has 0 aliphatic heterocycles. The Morgan fingerprint density at radius 3 is 2.03 bits per heavy atom. The molecule has 0 aromatic heterocycles. The van der Waals surface area contributed by atoms with Crippen LogP contribution in [0.5, 0.6) is 5.75 Å². The van der Waals surface area contributed by atoms with Crippen molar-refractivity contribution in [3.8, 4) is 5.75 Å².